The molecule has 0 aliphatic carbocycles. The molecule has 4 aromatic rings. The highest BCUT2D eigenvalue weighted by Crippen LogP contribution is 2.25. The van der Waals surface area contributed by atoms with Crippen molar-refractivity contribution >= 4 is 39.7 Å². The van der Waals surface area contributed by atoms with E-state index in [1.165, 1.54) is 4.68 Å². The van der Waals surface area contributed by atoms with Crippen LogP contribution in [0.15, 0.2) is 56.8 Å². The van der Waals surface area contributed by atoms with Crippen molar-refractivity contribution in [3.05, 3.63) is 75.0 Å². The molecule has 5 nitrogen and oxygen atoms in total. The Hall–Kier alpha value is -2.92. The molecule has 0 unspecified atom stereocenters. The van der Waals surface area contributed by atoms with Gasteiger partial charge in [-0.15, -0.1) is 0 Å². The highest BCUT2D eigenvalue weighted by Gasteiger charge is 2.12. The first-order valence-corrected chi connectivity index (χ1v) is 8.70. The number of furan rings is 1. The zero-order valence-electron chi connectivity index (χ0n) is 14.4. The van der Waals surface area contributed by atoms with E-state index in [0.717, 1.165) is 28.7 Å². The second kappa shape index (κ2) is 6.42. The average molecular weight is 366 g/mol. The molecule has 2 aromatic carbocycles. The second-order valence-corrected chi connectivity index (χ2v) is 6.41. The highest BCUT2D eigenvalue weighted by atomic mass is 35.5. The van der Waals surface area contributed by atoms with Gasteiger partial charge in [0.2, 0.25) is 0 Å². The van der Waals surface area contributed by atoms with Gasteiger partial charge in [-0.3, -0.25) is 4.79 Å². The van der Waals surface area contributed by atoms with Gasteiger partial charge in [0, 0.05) is 22.4 Å². The van der Waals surface area contributed by atoms with Crippen LogP contribution in [0.25, 0.3) is 21.9 Å². The predicted octanol–water partition coefficient (Wildman–Crippen LogP) is 4.55. The molecule has 0 fully saturated rings. The molecule has 0 spiro atoms. The van der Waals surface area contributed by atoms with Crippen LogP contribution >= 0.6 is 11.6 Å². The quantitative estimate of drug-likeness (QED) is 0.500. The van der Waals surface area contributed by atoms with Crippen LogP contribution in [0.4, 0.5) is 0 Å². The first-order valence-electron chi connectivity index (χ1n) is 8.32. The number of fused-ring (bicyclic) bond motifs is 2. The smallest absolute Gasteiger partial charge is 0.282 e. The Morgan fingerprint density at radius 3 is 2.85 bits per heavy atom. The van der Waals surface area contributed by atoms with E-state index in [1.807, 2.05) is 31.2 Å². The number of aryl methyl sites for hydroxylation is 2. The minimum absolute atomic E-state index is 0.230. The molecule has 0 aliphatic heterocycles. The second-order valence-electron chi connectivity index (χ2n) is 5.97. The summed E-state index contributed by atoms with van der Waals surface area (Å²) in [5.41, 5.74) is 2.02. The van der Waals surface area contributed by atoms with Crippen LogP contribution in [0.2, 0.25) is 5.02 Å². The summed E-state index contributed by atoms with van der Waals surface area (Å²) in [7, 11) is 0. The lowest BCUT2D eigenvalue weighted by Crippen LogP contribution is -2.20. The van der Waals surface area contributed by atoms with Crippen molar-refractivity contribution in [1.29, 1.82) is 0 Å². The van der Waals surface area contributed by atoms with Crippen LogP contribution in [0.1, 0.15) is 24.1 Å². The van der Waals surface area contributed by atoms with Crippen LogP contribution < -0.4 is 5.56 Å². The fourth-order valence-electron chi connectivity index (χ4n) is 3.03. The van der Waals surface area contributed by atoms with Gasteiger partial charge in [0.05, 0.1) is 17.1 Å². The molecule has 130 valence electrons. The lowest BCUT2D eigenvalue weighted by Gasteiger charge is -2.05. The Bertz CT molecular complexity index is 1220. The van der Waals surface area contributed by atoms with Gasteiger partial charge in [-0.05, 0) is 31.2 Å². The van der Waals surface area contributed by atoms with Gasteiger partial charge >= 0.3 is 0 Å². The number of para-hydroxylation sites is 1. The normalized spacial score (nSPS) is 11.8. The number of hydrogen-bond donors (Lipinski definition) is 0. The third-order valence-electron chi connectivity index (χ3n) is 4.31. The van der Waals surface area contributed by atoms with Gasteiger partial charge in [-0.1, -0.05) is 36.7 Å². The molecule has 0 radical (unpaired) electrons. The summed E-state index contributed by atoms with van der Waals surface area (Å²) in [6.07, 6.45) is 2.40. The predicted molar refractivity (Wildman–Crippen MR) is 104 cm³/mol. The lowest BCUT2D eigenvalue weighted by molar-refractivity contribution is 0.556. The summed E-state index contributed by atoms with van der Waals surface area (Å²) in [6, 6.07) is 12.8. The van der Waals surface area contributed by atoms with Crippen LogP contribution in [0, 0.1) is 6.92 Å². The number of nitrogens with zero attached hydrogens (tertiary/aromatic N) is 3. The largest absolute Gasteiger partial charge is 0.460 e. The molecule has 0 atom stereocenters. The molecular formula is C20H16ClN3O2. The van der Waals surface area contributed by atoms with Crippen molar-refractivity contribution in [1.82, 2.24) is 9.66 Å². The number of rotatable bonds is 3. The fraction of sp³-hybridized carbons (Fsp3) is 0.150. The van der Waals surface area contributed by atoms with Crippen molar-refractivity contribution in [2.24, 2.45) is 5.10 Å². The number of hydrogen-bond acceptors (Lipinski definition) is 4. The van der Waals surface area contributed by atoms with E-state index in [1.54, 1.807) is 31.3 Å². The van der Waals surface area contributed by atoms with Crippen molar-refractivity contribution < 1.29 is 4.42 Å². The Kier molecular flexibility index (Phi) is 4.09. The minimum atomic E-state index is -0.230. The fourth-order valence-corrected chi connectivity index (χ4v) is 3.20. The maximum atomic E-state index is 12.8. The van der Waals surface area contributed by atoms with E-state index < -0.39 is 0 Å². The van der Waals surface area contributed by atoms with Crippen LogP contribution in [0.3, 0.4) is 0 Å². The van der Waals surface area contributed by atoms with Crippen molar-refractivity contribution in [2.75, 3.05) is 0 Å². The molecule has 0 N–H and O–H groups in total. The molecule has 0 amide bonds. The third-order valence-corrected chi connectivity index (χ3v) is 4.54. The van der Waals surface area contributed by atoms with Gasteiger partial charge in [-0.25, -0.2) is 4.98 Å². The van der Waals surface area contributed by atoms with E-state index in [4.69, 9.17) is 16.0 Å². The molecule has 2 aromatic heterocycles. The average Bonchev–Trinajstić information content (AvgIpc) is 2.99. The molecule has 0 aliphatic rings. The molecule has 26 heavy (non-hydrogen) atoms. The third kappa shape index (κ3) is 2.70. The molecule has 0 saturated heterocycles. The van der Waals surface area contributed by atoms with E-state index in [-0.39, 0.29) is 5.56 Å². The van der Waals surface area contributed by atoms with Gasteiger partial charge in [0.1, 0.15) is 17.2 Å². The molecule has 6 heteroatoms. The Morgan fingerprint density at radius 2 is 2.04 bits per heavy atom. The molecule has 0 bridgehead atoms. The van der Waals surface area contributed by atoms with Gasteiger partial charge in [-0.2, -0.15) is 9.78 Å². The summed E-state index contributed by atoms with van der Waals surface area (Å²) in [6.45, 7) is 3.76. The first kappa shape index (κ1) is 16.5. The highest BCUT2D eigenvalue weighted by molar-refractivity contribution is 6.31. The zero-order chi connectivity index (χ0) is 18.3. The van der Waals surface area contributed by atoms with Gasteiger partial charge in [0.25, 0.3) is 5.56 Å². The van der Waals surface area contributed by atoms with Gasteiger partial charge in [0.15, 0.2) is 0 Å². The SMILES string of the molecule is CCc1oc2ccccc2c1C=Nn1c(C)nc2cc(Cl)ccc2c1=O. The summed E-state index contributed by atoms with van der Waals surface area (Å²) in [4.78, 5) is 17.2. The maximum absolute atomic E-state index is 12.8. The van der Waals surface area contributed by atoms with E-state index in [9.17, 15) is 4.79 Å². The van der Waals surface area contributed by atoms with E-state index in [0.29, 0.717) is 21.7 Å². The van der Waals surface area contributed by atoms with Gasteiger partial charge < -0.3 is 4.42 Å². The maximum Gasteiger partial charge on any atom is 0.282 e. The van der Waals surface area contributed by atoms with Crippen molar-refractivity contribution in [3.8, 4) is 0 Å². The number of benzene rings is 2. The molecule has 2 heterocycles. The Balaban J connectivity index is 1.88. The standard InChI is InChI=1S/C20H16ClN3O2/c1-3-18-16(14-6-4-5-7-19(14)26-18)11-22-24-12(2)23-17-10-13(21)8-9-15(17)20(24)25/h4-11H,3H2,1-2H3. The summed E-state index contributed by atoms with van der Waals surface area (Å²) >= 11 is 5.99. The molecular weight excluding hydrogens is 350 g/mol. The van der Waals surface area contributed by atoms with E-state index >= 15 is 0 Å². The van der Waals surface area contributed by atoms with Crippen molar-refractivity contribution in [2.45, 2.75) is 20.3 Å². The molecule has 4 rings (SSSR count). The summed E-state index contributed by atoms with van der Waals surface area (Å²) in [5, 5.41) is 6.40. The zero-order valence-corrected chi connectivity index (χ0v) is 15.1. The topological polar surface area (TPSA) is 60.4 Å². The van der Waals surface area contributed by atoms with Crippen LogP contribution in [-0.4, -0.2) is 15.9 Å². The van der Waals surface area contributed by atoms with Crippen LogP contribution in [-0.2, 0) is 6.42 Å². The monoisotopic (exact) mass is 365 g/mol. The summed E-state index contributed by atoms with van der Waals surface area (Å²) < 4.78 is 7.17. The summed E-state index contributed by atoms with van der Waals surface area (Å²) in [5.74, 6) is 1.33. The molecule has 0 saturated carbocycles. The number of aromatic nitrogens is 2. The lowest BCUT2D eigenvalue weighted by atomic mass is 10.1. The number of halogens is 1. The first-order chi connectivity index (χ1) is 12.6. The Morgan fingerprint density at radius 1 is 1.23 bits per heavy atom. The Labute approximate surface area is 154 Å². The van der Waals surface area contributed by atoms with Crippen molar-refractivity contribution in [3.63, 3.8) is 0 Å². The van der Waals surface area contributed by atoms with E-state index in [2.05, 4.69) is 10.1 Å². The minimum Gasteiger partial charge on any atom is -0.460 e. The van der Waals surface area contributed by atoms with Crippen LogP contribution in [0.5, 0.6) is 0 Å².